The highest BCUT2D eigenvalue weighted by atomic mass is 32.2. The number of nitrogens with one attached hydrogen (secondary N) is 1. The molecule has 17 heavy (non-hydrogen) atoms. The van der Waals surface area contributed by atoms with Crippen LogP contribution in [0.5, 0.6) is 5.75 Å². The van der Waals surface area contributed by atoms with E-state index >= 15 is 0 Å². The third-order valence-electron chi connectivity index (χ3n) is 2.46. The topological polar surface area (TPSA) is 74.0 Å². The maximum absolute atomic E-state index is 9.87. The molecule has 2 rings (SSSR count). The molecule has 0 aliphatic carbocycles. The number of aromatic hydroxyl groups is 1. The normalized spacial score (nSPS) is 10.6. The van der Waals surface area contributed by atoms with Gasteiger partial charge < -0.3 is 10.8 Å². The van der Waals surface area contributed by atoms with E-state index in [0.29, 0.717) is 12.3 Å². The molecule has 0 unspecified atom stereocenters. The third-order valence-corrected chi connectivity index (χ3v) is 3.16. The molecule has 0 aliphatic rings. The zero-order chi connectivity index (χ0) is 12.3. The summed E-state index contributed by atoms with van der Waals surface area (Å²) in [6.45, 7) is 0.708. The average molecular weight is 248 g/mol. The van der Waals surface area contributed by atoms with Crippen molar-refractivity contribution in [3.05, 3.63) is 36.5 Å². The molecule has 1 aromatic carbocycles. The van der Waals surface area contributed by atoms with Gasteiger partial charge in [0.15, 0.2) is 23.7 Å². The lowest BCUT2D eigenvalue weighted by Crippen LogP contribution is -2.35. The molecule has 0 bridgehead atoms. The molecule has 4 nitrogen and oxygen atoms in total. The molecule has 1 heterocycles. The van der Waals surface area contributed by atoms with Gasteiger partial charge in [0.25, 0.3) is 5.52 Å². The SMILES string of the molecule is N=C(N)SCC[n+]1cccc2cccc(O)c21. The van der Waals surface area contributed by atoms with Gasteiger partial charge in [0.2, 0.25) is 0 Å². The number of rotatable bonds is 3. The van der Waals surface area contributed by atoms with E-state index in [2.05, 4.69) is 0 Å². The van der Waals surface area contributed by atoms with Crippen LogP contribution in [-0.4, -0.2) is 16.0 Å². The Kier molecular flexibility index (Phi) is 3.49. The van der Waals surface area contributed by atoms with Crippen LogP contribution in [0, 0.1) is 5.41 Å². The fourth-order valence-corrected chi connectivity index (χ4v) is 2.27. The highest BCUT2D eigenvalue weighted by molar-refractivity contribution is 8.13. The molecule has 0 saturated carbocycles. The zero-order valence-corrected chi connectivity index (χ0v) is 10.1. The molecule has 5 heteroatoms. The number of phenolic OH excluding ortho intramolecular Hbond substituents is 1. The quantitative estimate of drug-likeness (QED) is 0.437. The van der Waals surface area contributed by atoms with E-state index in [0.717, 1.165) is 10.9 Å². The molecule has 0 fully saturated rings. The number of phenols is 1. The third kappa shape index (κ3) is 2.68. The van der Waals surface area contributed by atoms with E-state index < -0.39 is 0 Å². The Labute approximate surface area is 104 Å². The summed E-state index contributed by atoms with van der Waals surface area (Å²) in [4.78, 5) is 0. The largest absolute Gasteiger partial charge is 0.502 e. The van der Waals surface area contributed by atoms with Gasteiger partial charge in [-0.15, -0.1) is 0 Å². The van der Waals surface area contributed by atoms with Gasteiger partial charge in [-0.2, -0.15) is 4.57 Å². The van der Waals surface area contributed by atoms with Gasteiger partial charge in [-0.05, 0) is 18.2 Å². The number of fused-ring (bicyclic) bond motifs is 1. The summed E-state index contributed by atoms with van der Waals surface area (Å²) in [5, 5.41) is 18.1. The van der Waals surface area contributed by atoms with Crippen LogP contribution < -0.4 is 10.3 Å². The van der Waals surface area contributed by atoms with E-state index in [1.165, 1.54) is 11.8 Å². The van der Waals surface area contributed by atoms with Crippen molar-refractivity contribution in [2.45, 2.75) is 6.54 Å². The van der Waals surface area contributed by atoms with Gasteiger partial charge in [-0.3, -0.25) is 5.41 Å². The summed E-state index contributed by atoms with van der Waals surface area (Å²) >= 11 is 1.30. The average Bonchev–Trinajstić information content (AvgIpc) is 2.29. The Morgan fingerprint density at radius 3 is 2.88 bits per heavy atom. The number of thioether (sulfide) groups is 1. The van der Waals surface area contributed by atoms with Crippen molar-refractivity contribution in [2.24, 2.45) is 5.73 Å². The van der Waals surface area contributed by atoms with Crippen molar-refractivity contribution < 1.29 is 9.67 Å². The molecule has 4 N–H and O–H groups in total. The highest BCUT2D eigenvalue weighted by Gasteiger charge is 2.12. The molecule has 0 spiro atoms. The first-order chi connectivity index (χ1) is 8.18. The lowest BCUT2D eigenvalue weighted by molar-refractivity contribution is -0.666. The minimum absolute atomic E-state index is 0.120. The number of para-hydroxylation sites is 1. The van der Waals surface area contributed by atoms with Crippen LogP contribution in [0.25, 0.3) is 10.9 Å². The second-order valence-corrected chi connectivity index (χ2v) is 4.77. The number of aryl methyl sites for hydroxylation is 1. The fraction of sp³-hybridized carbons (Fsp3) is 0.167. The minimum Gasteiger partial charge on any atom is -0.502 e. The molecule has 0 aliphatic heterocycles. The second-order valence-electron chi connectivity index (χ2n) is 3.63. The first-order valence-electron chi connectivity index (χ1n) is 5.25. The summed E-state index contributed by atoms with van der Waals surface area (Å²) in [6, 6.07) is 9.37. The zero-order valence-electron chi connectivity index (χ0n) is 9.26. The molecule has 88 valence electrons. The molecular weight excluding hydrogens is 234 g/mol. The number of benzene rings is 1. The smallest absolute Gasteiger partial charge is 0.254 e. The van der Waals surface area contributed by atoms with Crippen molar-refractivity contribution in [3.63, 3.8) is 0 Å². The second kappa shape index (κ2) is 5.05. The number of aromatic nitrogens is 1. The summed E-state index contributed by atoms with van der Waals surface area (Å²) in [5.74, 6) is 0.990. The number of nitrogens with two attached hydrogens (primary N) is 1. The van der Waals surface area contributed by atoms with Crippen LogP contribution in [0.4, 0.5) is 0 Å². The number of nitrogens with zero attached hydrogens (tertiary/aromatic N) is 1. The summed E-state index contributed by atoms with van der Waals surface area (Å²) in [6.07, 6.45) is 1.92. The number of pyridine rings is 1. The Bertz CT molecular complexity index is 551. The molecule has 0 saturated heterocycles. The Morgan fingerprint density at radius 2 is 2.12 bits per heavy atom. The van der Waals surface area contributed by atoms with Crippen LogP contribution >= 0.6 is 11.8 Å². The molecule has 0 amide bonds. The first-order valence-corrected chi connectivity index (χ1v) is 6.24. The van der Waals surface area contributed by atoms with Gasteiger partial charge >= 0.3 is 0 Å². The van der Waals surface area contributed by atoms with Crippen LogP contribution in [-0.2, 0) is 6.54 Å². The van der Waals surface area contributed by atoms with Gasteiger partial charge in [0.05, 0.1) is 11.1 Å². The van der Waals surface area contributed by atoms with Crippen LogP contribution in [0.15, 0.2) is 36.5 Å². The molecule has 1 aromatic heterocycles. The Hall–Kier alpha value is -1.75. The van der Waals surface area contributed by atoms with E-state index in [9.17, 15) is 5.11 Å². The lowest BCUT2D eigenvalue weighted by Gasteiger charge is -2.02. The van der Waals surface area contributed by atoms with E-state index in [1.807, 2.05) is 35.0 Å². The van der Waals surface area contributed by atoms with E-state index in [1.54, 1.807) is 6.07 Å². The highest BCUT2D eigenvalue weighted by Crippen LogP contribution is 2.20. The number of amidine groups is 1. The van der Waals surface area contributed by atoms with Crippen molar-refractivity contribution in [1.29, 1.82) is 5.41 Å². The molecule has 0 radical (unpaired) electrons. The first kappa shape index (κ1) is 11.7. The summed E-state index contributed by atoms with van der Waals surface area (Å²) in [5.41, 5.74) is 6.11. The molecular formula is C12H14N3OS+. The summed E-state index contributed by atoms with van der Waals surface area (Å²) in [7, 11) is 0. The van der Waals surface area contributed by atoms with Gasteiger partial charge in [-0.25, -0.2) is 0 Å². The van der Waals surface area contributed by atoms with Gasteiger partial charge in [-0.1, -0.05) is 17.8 Å². The van der Waals surface area contributed by atoms with E-state index in [-0.39, 0.29) is 10.9 Å². The maximum Gasteiger partial charge on any atom is 0.254 e. The minimum atomic E-state index is 0.120. The van der Waals surface area contributed by atoms with Crippen molar-refractivity contribution in [3.8, 4) is 5.75 Å². The molecule has 0 atom stereocenters. The number of hydrogen-bond acceptors (Lipinski definition) is 3. The van der Waals surface area contributed by atoms with E-state index in [4.69, 9.17) is 11.1 Å². The monoisotopic (exact) mass is 248 g/mol. The van der Waals surface area contributed by atoms with Crippen molar-refractivity contribution in [1.82, 2.24) is 0 Å². The van der Waals surface area contributed by atoms with Crippen LogP contribution in [0.3, 0.4) is 0 Å². The van der Waals surface area contributed by atoms with Gasteiger partial charge in [0.1, 0.15) is 0 Å². The Balaban J connectivity index is 2.30. The molecule has 2 aromatic rings. The van der Waals surface area contributed by atoms with Crippen molar-refractivity contribution >= 4 is 27.8 Å². The van der Waals surface area contributed by atoms with Crippen LogP contribution in [0.2, 0.25) is 0 Å². The van der Waals surface area contributed by atoms with Crippen molar-refractivity contribution in [2.75, 3.05) is 5.75 Å². The Morgan fingerprint density at radius 1 is 1.35 bits per heavy atom. The summed E-state index contributed by atoms with van der Waals surface area (Å²) < 4.78 is 1.97. The number of hydrogen-bond donors (Lipinski definition) is 3. The maximum atomic E-state index is 9.87. The standard InChI is InChI=1S/C12H13N3OS/c13-12(14)17-8-7-15-6-2-4-9-3-1-5-10(16)11(9)15/h1-6H,7-8H2,(H3-,13,14,16)/p+1. The lowest BCUT2D eigenvalue weighted by atomic mass is 10.2. The predicted molar refractivity (Wildman–Crippen MR) is 70.2 cm³/mol. The predicted octanol–water partition coefficient (Wildman–Crippen LogP) is 1.46. The fourth-order valence-electron chi connectivity index (χ4n) is 1.76. The van der Waals surface area contributed by atoms with Gasteiger partial charge in [0, 0.05) is 6.07 Å². The van der Waals surface area contributed by atoms with Crippen LogP contribution in [0.1, 0.15) is 0 Å².